The molecular weight excluding hydrogens is 206 g/mol. The Morgan fingerprint density at radius 1 is 0.941 bits per heavy atom. The van der Waals surface area contributed by atoms with Crippen LogP contribution in [0.15, 0.2) is 61.2 Å². The molecule has 0 saturated carbocycles. The lowest BCUT2D eigenvalue weighted by atomic mass is 9.85. The van der Waals surface area contributed by atoms with E-state index in [1.54, 1.807) is 0 Å². The van der Waals surface area contributed by atoms with Gasteiger partial charge < -0.3 is 5.73 Å². The van der Waals surface area contributed by atoms with Crippen LogP contribution in [0, 0.1) is 0 Å². The summed E-state index contributed by atoms with van der Waals surface area (Å²) in [5, 5.41) is 0. The minimum Gasteiger partial charge on any atom is -0.318 e. The second-order valence-electron chi connectivity index (χ2n) is 4.39. The fourth-order valence-corrected chi connectivity index (χ4v) is 1.92. The van der Waals surface area contributed by atoms with Crippen molar-refractivity contribution in [3.05, 3.63) is 77.9 Å². The summed E-state index contributed by atoms with van der Waals surface area (Å²) in [5.41, 5.74) is 9.30. The molecule has 0 saturated heterocycles. The van der Waals surface area contributed by atoms with Crippen molar-refractivity contribution >= 4 is 6.08 Å². The van der Waals surface area contributed by atoms with E-state index in [1.165, 1.54) is 0 Å². The van der Waals surface area contributed by atoms with Crippen LogP contribution in [0.5, 0.6) is 0 Å². The van der Waals surface area contributed by atoms with Crippen LogP contribution in [0.4, 0.5) is 0 Å². The monoisotopic (exact) mass is 223 g/mol. The quantitative estimate of drug-likeness (QED) is 0.846. The van der Waals surface area contributed by atoms with Crippen LogP contribution < -0.4 is 5.73 Å². The largest absolute Gasteiger partial charge is 0.318 e. The van der Waals surface area contributed by atoms with Gasteiger partial charge in [-0.15, -0.1) is 0 Å². The smallest absolute Gasteiger partial charge is 0.0636 e. The molecule has 17 heavy (non-hydrogen) atoms. The Balaban J connectivity index is 2.40. The van der Waals surface area contributed by atoms with Gasteiger partial charge in [0.15, 0.2) is 0 Å². The van der Waals surface area contributed by atoms with Crippen molar-refractivity contribution in [1.82, 2.24) is 0 Å². The Morgan fingerprint density at radius 3 is 2.00 bits per heavy atom. The maximum absolute atomic E-state index is 6.43. The van der Waals surface area contributed by atoms with E-state index in [2.05, 4.69) is 30.8 Å². The predicted octanol–water partition coefficient (Wildman–Crippen LogP) is 3.55. The molecule has 1 nitrogen and oxygen atoms in total. The van der Waals surface area contributed by atoms with E-state index in [0.717, 1.165) is 16.7 Å². The fraction of sp³-hybridized carbons (Fsp3) is 0.125. The first-order valence-electron chi connectivity index (χ1n) is 5.72. The molecule has 0 aliphatic carbocycles. The zero-order valence-corrected chi connectivity index (χ0v) is 10.1. The Kier molecular flexibility index (Phi) is 3.12. The van der Waals surface area contributed by atoms with E-state index in [-0.39, 0.29) is 0 Å². The molecule has 0 bridgehead atoms. The summed E-state index contributed by atoms with van der Waals surface area (Å²) in [4.78, 5) is 0. The van der Waals surface area contributed by atoms with Crippen LogP contribution in [0.25, 0.3) is 6.08 Å². The molecule has 1 atom stereocenters. The van der Waals surface area contributed by atoms with Crippen molar-refractivity contribution in [1.29, 1.82) is 0 Å². The molecular formula is C16H17N. The lowest BCUT2D eigenvalue weighted by Crippen LogP contribution is -2.34. The van der Waals surface area contributed by atoms with Crippen molar-refractivity contribution < 1.29 is 0 Å². The number of benzene rings is 2. The van der Waals surface area contributed by atoms with Gasteiger partial charge in [0.1, 0.15) is 0 Å². The van der Waals surface area contributed by atoms with Crippen molar-refractivity contribution in [3.63, 3.8) is 0 Å². The Morgan fingerprint density at radius 2 is 1.47 bits per heavy atom. The third-order valence-corrected chi connectivity index (χ3v) is 3.12. The number of rotatable bonds is 3. The molecule has 2 N–H and O–H groups in total. The van der Waals surface area contributed by atoms with Crippen molar-refractivity contribution in [2.75, 3.05) is 0 Å². The molecule has 0 aromatic heterocycles. The minimum atomic E-state index is -0.457. The van der Waals surface area contributed by atoms with Gasteiger partial charge in [-0.25, -0.2) is 0 Å². The lowest BCUT2D eigenvalue weighted by molar-refractivity contribution is 0.603. The molecule has 0 aliphatic heterocycles. The maximum Gasteiger partial charge on any atom is 0.0636 e. The number of nitrogens with two attached hydrogens (primary N) is 1. The van der Waals surface area contributed by atoms with Crippen LogP contribution in [-0.4, -0.2) is 0 Å². The third-order valence-electron chi connectivity index (χ3n) is 3.12. The fourth-order valence-electron chi connectivity index (χ4n) is 1.92. The maximum atomic E-state index is 6.43. The molecule has 0 spiro atoms. The second kappa shape index (κ2) is 4.56. The van der Waals surface area contributed by atoms with E-state index >= 15 is 0 Å². The zero-order chi connectivity index (χ0) is 12.3. The van der Waals surface area contributed by atoms with Crippen LogP contribution in [0.1, 0.15) is 23.6 Å². The lowest BCUT2D eigenvalue weighted by Gasteiger charge is -2.26. The average molecular weight is 223 g/mol. The topological polar surface area (TPSA) is 26.0 Å². The van der Waals surface area contributed by atoms with Gasteiger partial charge in [0.05, 0.1) is 5.54 Å². The van der Waals surface area contributed by atoms with Gasteiger partial charge in [-0.2, -0.15) is 0 Å². The predicted molar refractivity (Wildman–Crippen MR) is 73.6 cm³/mol. The highest BCUT2D eigenvalue weighted by Crippen LogP contribution is 2.26. The van der Waals surface area contributed by atoms with Gasteiger partial charge in [-0.3, -0.25) is 0 Å². The molecule has 0 radical (unpaired) electrons. The van der Waals surface area contributed by atoms with Gasteiger partial charge in [-0.05, 0) is 23.6 Å². The van der Waals surface area contributed by atoms with E-state index in [0.29, 0.717) is 0 Å². The highest BCUT2D eigenvalue weighted by molar-refractivity contribution is 5.49. The first-order chi connectivity index (χ1) is 8.14. The van der Waals surface area contributed by atoms with Crippen LogP contribution in [0.2, 0.25) is 0 Å². The standard InChI is InChI=1S/C16H17N/c1-3-13-9-11-15(12-10-13)16(2,17)14-7-5-4-6-8-14/h3-12H,1,17H2,2H3. The van der Waals surface area contributed by atoms with Gasteiger partial charge >= 0.3 is 0 Å². The average Bonchev–Trinajstić information content (AvgIpc) is 2.40. The first-order valence-corrected chi connectivity index (χ1v) is 5.72. The Bertz CT molecular complexity index is 495. The summed E-state index contributed by atoms with van der Waals surface area (Å²) < 4.78 is 0. The molecule has 2 rings (SSSR count). The van der Waals surface area contributed by atoms with E-state index in [4.69, 9.17) is 5.73 Å². The van der Waals surface area contributed by atoms with Crippen molar-refractivity contribution in [3.8, 4) is 0 Å². The molecule has 1 unspecified atom stereocenters. The normalized spacial score (nSPS) is 14.0. The second-order valence-corrected chi connectivity index (χ2v) is 4.39. The summed E-state index contributed by atoms with van der Waals surface area (Å²) in [7, 11) is 0. The highest BCUT2D eigenvalue weighted by Gasteiger charge is 2.22. The summed E-state index contributed by atoms with van der Waals surface area (Å²) >= 11 is 0. The molecule has 0 amide bonds. The Labute approximate surface area is 103 Å². The van der Waals surface area contributed by atoms with Crippen LogP contribution in [0.3, 0.4) is 0 Å². The Hall–Kier alpha value is -1.86. The van der Waals surface area contributed by atoms with Gasteiger partial charge in [0.2, 0.25) is 0 Å². The van der Waals surface area contributed by atoms with Crippen LogP contribution in [-0.2, 0) is 5.54 Å². The SMILES string of the molecule is C=Cc1ccc(C(C)(N)c2ccccc2)cc1. The molecule has 0 fully saturated rings. The summed E-state index contributed by atoms with van der Waals surface area (Å²) in [6.45, 7) is 5.78. The zero-order valence-electron chi connectivity index (χ0n) is 10.1. The molecule has 2 aromatic rings. The molecule has 1 heteroatoms. The van der Waals surface area contributed by atoms with E-state index < -0.39 is 5.54 Å². The first kappa shape index (κ1) is 11.6. The summed E-state index contributed by atoms with van der Waals surface area (Å²) in [5.74, 6) is 0. The minimum absolute atomic E-state index is 0.457. The molecule has 86 valence electrons. The van der Waals surface area contributed by atoms with E-state index in [1.807, 2.05) is 43.3 Å². The highest BCUT2D eigenvalue weighted by atomic mass is 14.7. The van der Waals surface area contributed by atoms with Gasteiger partial charge in [0.25, 0.3) is 0 Å². The number of hydrogen-bond donors (Lipinski definition) is 1. The molecule has 0 heterocycles. The molecule has 0 aliphatic rings. The summed E-state index contributed by atoms with van der Waals surface area (Å²) in [6.07, 6.45) is 1.83. The van der Waals surface area contributed by atoms with E-state index in [9.17, 15) is 0 Å². The van der Waals surface area contributed by atoms with Gasteiger partial charge in [-0.1, -0.05) is 67.3 Å². The van der Waals surface area contributed by atoms with Crippen LogP contribution >= 0.6 is 0 Å². The summed E-state index contributed by atoms with van der Waals surface area (Å²) in [6, 6.07) is 18.3. The van der Waals surface area contributed by atoms with Crippen molar-refractivity contribution in [2.45, 2.75) is 12.5 Å². The van der Waals surface area contributed by atoms with Gasteiger partial charge in [0, 0.05) is 0 Å². The number of hydrogen-bond acceptors (Lipinski definition) is 1. The van der Waals surface area contributed by atoms with Crippen molar-refractivity contribution in [2.24, 2.45) is 5.73 Å². The molecule has 2 aromatic carbocycles. The third kappa shape index (κ3) is 2.29.